The van der Waals surface area contributed by atoms with Crippen LogP contribution in [0.2, 0.25) is 0 Å². The Morgan fingerprint density at radius 1 is 1.22 bits per heavy atom. The zero-order chi connectivity index (χ0) is 19.4. The highest BCUT2D eigenvalue weighted by atomic mass is 32.1. The molecular formula is C19H19N3O4S. The zero-order valence-corrected chi connectivity index (χ0v) is 15.8. The van der Waals surface area contributed by atoms with E-state index in [1.165, 1.54) is 17.7 Å². The van der Waals surface area contributed by atoms with E-state index < -0.39 is 5.91 Å². The number of nitrogens with one attached hydrogen (secondary N) is 1. The lowest BCUT2D eigenvalue weighted by atomic mass is 10.1. The Hall–Kier alpha value is -3.00. The molecule has 0 aliphatic rings. The molecule has 8 heteroatoms. The van der Waals surface area contributed by atoms with Gasteiger partial charge in [0.05, 0.1) is 5.39 Å². The quantitative estimate of drug-likeness (QED) is 0.632. The molecule has 1 N–H and O–H groups in total. The molecule has 0 atom stereocenters. The topological polar surface area (TPSA) is 90.3 Å². The zero-order valence-electron chi connectivity index (χ0n) is 15.0. The van der Waals surface area contributed by atoms with Gasteiger partial charge in [0.25, 0.3) is 11.5 Å². The molecule has 0 bridgehead atoms. The standard InChI is InChI=1S/C19H19N3O4S/c1-3-14-9-15-18(27-14)20-11-22(19(15)25)21-17(24)10-26-13-7-5-12(6-8-13)16(23)4-2/h5-9,11H,3-4,10H2,1-2H3,(H,21,24). The van der Waals surface area contributed by atoms with E-state index in [4.69, 9.17) is 4.74 Å². The van der Waals surface area contributed by atoms with Crippen LogP contribution >= 0.6 is 11.3 Å². The first-order chi connectivity index (χ1) is 13.0. The van der Waals surface area contributed by atoms with E-state index in [2.05, 4.69) is 10.4 Å². The number of hydrogen-bond donors (Lipinski definition) is 1. The highest BCUT2D eigenvalue weighted by molar-refractivity contribution is 7.18. The third-order valence-corrected chi connectivity index (χ3v) is 5.15. The first kappa shape index (κ1) is 18.8. The number of benzene rings is 1. The number of aromatic nitrogens is 2. The van der Waals surface area contributed by atoms with E-state index >= 15 is 0 Å². The highest BCUT2D eigenvalue weighted by Crippen LogP contribution is 2.20. The molecule has 3 rings (SSSR count). The number of rotatable bonds is 7. The van der Waals surface area contributed by atoms with Crippen LogP contribution in [0.3, 0.4) is 0 Å². The number of aryl methyl sites for hydroxylation is 1. The predicted molar refractivity (Wildman–Crippen MR) is 104 cm³/mol. The smallest absolute Gasteiger partial charge is 0.280 e. The van der Waals surface area contributed by atoms with Crippen LogP contribution in [0.1, 0.15) is 35.5 Å². The molecule has 0 saturated carbocycles. The van der Waals surface area contributed by atoms with Crippen molar-refractivity contribution in [1.82, 2.24) is 9.66 Å². The maximum Gasteiger partial charge on any atom is 0.280 e. The van der Waals surface area contributed by atoms with Crippen LogP contribution in [0.4, 0.5) is 0 Å². The van der Waals surface area contributed by atoms with Gasteiger partial charge in [0.1, 0.15) is 16.9 Å². The number of ether oxygens (including phenoxy) is 1. The van der Waals surface area contributed by atoms with Gasteiger partial charge in [0.15, 0.2) is 12.4 Å². The number of carbonyl (C=O) groups excluding carboxylic acids is 2. The Morgan fingerprint density at radius 3 is 2.63 bits per heavy atom. The number of Topliss-reactive ketones (excluding diaryl/α,β-unsaturated/α-hetero) is 1. The monoisotopic (exact) mass is 385 g/mol. The number of fused-ring (bicyclic) bond motifs is 1. The number of carbonyl (C=O) groups is 2. The molecule has 140 valence electrons. The first-order valence-corrected chi connectivity index (χ1v) is 9.39. The number of hydrogen-bond acceptors (Lipinski definition) is 6. The average molecular weight is 385 g/mol. The lowest BCUT2D eigenvalue weighted by Crippen LogP contribution is -2.35. The molecule has 0 aliphatic carbocycles. The molecule has 0 aliphatic heterocycles. The number of thiophene rings is 1. The SMILES string of the molecule is CCC(=O)c1ccc(OCC(=O)Nn2cnc3sc(CC)cc3c2=O)cc1. The largest absolute Gasteiger partial charge is 0.484 e. The molecule has 0 saturated heterocycles. The third-order valence-electron chi connectivity index (χ3n) is 3.96. The van der Waals surface area contributed by atoms with Gasteiger partial charge in [-0.1, -0.05) is 13.8 Å². The van der Waals surface area contributed by atoms with E-state index in [9.17, 15) is 14.4 Å². The van der Waals surface area contributed by atoms with Crippen LogP contribution < -0.4 is 15.7 Å². The van der Waals surface area contributed by atoms with Gasteiger partial charge in [-0.15, -0.1) is 11.3 Å². The summed E-state index contributed by atoms with van der Waals surface area (Å²) in [7, 11) is 0. The van der Waals surface area contributed by atoms with Gasteiger partial charge in [0.2, 0.25) is 0 Å². The summed E-state index contributed by atoms with van der Waals surface area (Å²) in [5, 5.41) is 0.483. The van der Waals surface area contributed by atoms with Crippen molar-refractivity contribution in [3.8, 4) is 5.75 Å². The molecule has 2 aromatic heterocycles. The number of ketones is 1. The Bertz CT molecular complexity index is 1040. The van der Waals surface area contributed by atoms with Crippen molar-refractivity contribution in [1.29, 1.82) is 0 Å². The van der Waals surface area contributed by atoms with Crippen molar-refractivity contribution in [3.05, 3.63) is 57.5 Å². The van der Waals surface area contributed by atoms with E-state index in [1.54, 1.807) is 37.3 Å². The van der Waals surface area contributed by atoms with E-state index in [0.717, 1.165) is 16.0 Å². The van der Waals surface area contributed by atoms with Crippen LogP contribution in [0.15, 0.2) is 41.5 Å². The number of nitrogens with zero attached hydrogens (tertiary/aromatic N) is 2. The Kier molecular flexibility index (Phi) is 5.66. The van der Waals surface area contributed by atoms with Crippen LogP contribution in [0, 0.1) is 0 Å². The van der Waals surface area contributed by atoms with Crippen LogP contribution in [-0.2, 0) is 11.2 Å². The Balaban J connectivity index is 1.64. The number of amides is 1. The molecule has 1 aromatic carbocycles. The van der Waals surface area contributed by atoms with E-state index in [1.807, 2.05) is 6.92 Å². The van der Waals surface area contributed by atoms with Crippen molar-refractivity contribution in [2.75, 3.05) is 12.0 Å². The molecular weight excluding hydrogens is 366 g/mol. The second kappa shape index (κ2) is 8.13. The van der Waals surface area contributed by atoms with Gasteiger partial charge < -0.3 is 4.74 Å². The molecule has 27 heavy (non-hydrogen) atoms. The fourth-order valence-corrected chi connectivity index (χ4v) is 3.41. The van der Waals surface area contributed by atoms with Gasteiger partial charge in [0, 0.05) is 16.9 Å². The predicted octanol–water partition coefficient (Wildman–Crippen LogP) is 2.76. The van der Waals surface area contributed by atoms with Crippen LogP contribution in [0.25, 0.3) is 10.2 Å². The van der Waals surface area contributed by atoms with Gasteiger partial charge >= 0.3 is 0 Å². The molecule has 0 fully saturated rings. The van der Waals surface area contributed by atoms with Gasteiger partial charge in [-0.3, -0.25) is 19.8 Å². The fraction of sp³-hybridized carbons (Fsp3) is 0.263. The van der Waals surface area contributed by atoms with Crippen molar-refractivity contribution in [2.24, 2.45) is 0 Å². The Labute approximate surface area is 159 Å². The Morgan fingerprint density at radius 2 is 1.96 bits per heavy atom. The minimum atomic E-state index is -0.488. The van der Waals surface area contributed by atoms with Gasteiger partial charge in [-0.25, -0.2) is 9.66 Å². The van der Waals surface area contributed by atoms with Crippen LogP contribution in [-0.4, -0.2) is 28.0 Å². The highest BCUT2D eigenvalue weighted by Gasteiger charge is 2.11. The van der Waals surface area contributed by atoms with Gasteiger partial charge in [-0.2, -0.15) is 0 Å². The maximum absolute atomic E-state index is 12.4. The summed E-state index contributed by atoms with van der Waals surface area (Å²) >= 11 is 1.47. The molecule has 7 nitrogen and oxygen atoms in total. The minimum absolute atomic E-state index is 0.0428. The first-order valence-electron chi connectivity index (χ1n) is 8.57. The summed E-state index contributed by atoms with van der Waals surface area (Å²) < 4.78 is 6.46. The minimum Gasteiger partial charge on any atom is -0.484 e. The second-order valence-electron chi connectivity index (χ2n) is 5.83. The average Bonchev–Trinajstić information content (AvgIpc) is 3.12. The molecule has 1 amide bonds. The molecule has 0 spiro atoms. The van der Waals surface area contributed by atoms with E-state index in [0.29, 0.717) is 28.0 Å². The van der Waals surface area contributed by atoms with Crippen molar-refractivity contribution in [2.45, 2.75) is 26.7 Å². The lowest BCUT2D eigenvalue weighted by molar-refractivity contribution is -0.119. The summed E-state index contributed by atoms with van der Waals surface area (Å²) in [6, 6.07) is 8.38. The normalized spacial score (nSPS) is 10.7. The molecule has 0 unspecified atom stereocenters. The summed E-state index contributed by atoms with van der Waals surface area (Å²) in [5.41, 5.74) is 2.74. The van der Waals surface area contributed by atoms with Crippen LogP contribution in [0.5, 0.6) is 5.75 Å². The summed E-state index contributed by atoms with van der Waals surface area (Å²) in [5.74, 6) is 0.0169. The maximum atomic E-state index is 12.4. The molecule has 3 aromatic rings. The summed E-state index contributed by atoms with van der Waals surface area (Å²) in [6.45, 7) is 3.53. The van der Waals surface area contributed by atoms with E-state index in [-0.39, 0.29) is 17.9 Å². The summed E-state index contributed by atoms with van der Waals surface area (Å²) in [4.78, 5) is 42.0. The third kappa shape index (κ3) is 4.22. The van der Waals surface area contributed by atoms with Gasteiger partial charge in [-0.05, 0) is 36.8 Å². The molecule has 0 radical (unpaired) electrons. The van der Waals surface area contributed by atoms with Crippen molar-refractivity contribution in [3.63, 3.8) is 0 Å². The summed E-state index contributed by atoms with van der Waals surface area (Å²) in [6.07, 6.45) is 2.55. The lowest BCUT2D eigenvalue weighted by Gasteiger charge is -2.09. The fourth-order valence-electron chi connectivity index (χ4n) is 2.48. The van der Waals surface area contributed by atoms with Crippen molar-refractivity contribution < 1.29 is 14.3 Å². The molecule has 2 heterocycles. The second-order valence-corrected chi connectivity index (χ2v) is 6.94. The van der Waals surface area contributed by atoms with Crippen molar-refractivity contribution >= 4 is 33.2 Å².